The smallest absolute Gasteiger partial charge is 0.418 e. The molecule has 0 aliphatic rings. The van der Waals surface area contributed by atoms with E-state index in [4.69, 9.17) is 21.6 Å². The van der Waals surface area contributed by atoms with Crippen molar-refractivity contribution >= 4 is 28.9 Å². The molecule has 0 saturated heterocycles. The summed E-state index contributed by atoms with van der Waals surface area (Å²) in [5, 5.41) is 13.9. The molecule has 2 N–H and O–H groups in total. The van der Waals surface area contributed by atoms with Crippen molar-refractivity contribution in [3.8, 4) is 11.8 Å². The highest BCUT2D eigenvalue weighted by Crippen LogP contribution is 2.36. The molecule has 0 saturated carbocycles. The van der Waals surface area contributed by atoms with E-state index in [1.54, 1.807) is 30.3 Å². The lowest BCUT2D eigenvalue weighted by atomic mass is 10.1. The minimum Gasteiger partial charge on any atom is -0.494 e. The van der Waals surface area contributed by atoms with Gasteiger partial charge >= 0.3 is 6.18 Å². The monoisotopic (exact) mass is 409 g/mol. The molecule has 2 rings (SSSR count). The summed E-state index contributed by atoms with van der Waals surface area (Å²) in [6.45, 7) is 2.32. The van der Waals surface area contributed by atoms with Crippen LogP contribution >= 0.6 is 11.6 Å². The molecule has 28 heavy (non-hydrogen) atoms. The number of carbonyl (C=O) groups excluding carboxylic acids is 1. The molecule has 0 aromatic heterocycles. The Morgan fingerprint density at radius 1 is 1.25 bits per heavy atom. The average molecular weight is 410 g/mol. The average Bonchev–Trinajstić information content (AvgIpc) is 2.64. The molecular weight excluding hydrogens is 395 g/mol. The normalized spacial score (nSPS) is 11.5. The highest BCUT2D eigenvalue weighted by molar-refractivity contribution is 6.30. The summed E-state index contributed by atoms with van der Waals surface area (Å²) in [7, 11) is 0. The first-order valence-corrected chi connectivity index (χ1v) is 8.40. The Balaban J connectivity index is 2.16. The number of ether oxygens (including phenoxy) is 1. The molecule has 9 heteroatoms. The summed E-state index contributed by atoms with van der Waals surface area (Å²) >= 11 is 5.62. The summed E-state index contributed by atoms with van der Waals surface area (Å²) in [5.41, 5.74) is -1.35. The number of hydrogen-bond acceptors (Lipinski definition) is 4. The van der Waals surface area contributed by atoms with Gasteiger partial charge in [-0.15, -0.1) is 0 Å². The number of anilines is 2. The van der Waals surface area contributed by atoms with Gasteiger partial charge in [-0.1, -0.05) is 11.6 Å². The molecule has 0 spiro atoms. The van der Waals surface area contributed by atoms with E-state index in [9.17, 15) is 18.0 Å². The van der Waals surface area contributed by atoms with Crippen LogP contribution in [0.5, 0.6) is 5.75 Å². The molecular formula is C19H15ClF3N3O2. The third kappa shape index (κ3) is 5.66. The van der Waals surface area contributed by atoms with E-state index in [0.717, 1.165) is 18.3 Å². The topological polar surface area (TPSA) is 74.1 Å². The van der Waals surface area contributed by atoms with Gasteiger partial charge in [-0.2, -0.15) is 18.4 Å². The van der Waals surface area contributed by atoms with Gasteiger partial charge in [-0.25, -0.2) is 0 Å². The Morgan fingerprint density at radius 2 is 1.93 bits per heavy atom. The van der Waals surface area contributed by atoms with Crippen molar-refractivity contribution in [3.05, 3.63) is 64.8 Å². The second-order valence-corrected chi connectivity index (χ2v) is 5.85. The number of benzene rings is 2. The minimum absolute atomic E-state index is 0.0874. The molecule has 0 aliphatic carbocycles. The first-order chi connectivity index (χ1) is 13.2. The molecule has 0 fully saturated rings. The molecule has 0 unspecified atom stereocenters. The largest absolute Gasteiger partial charge is 0.494 e. The van der Waals surface area contributed by atoms with Gasteiger partial charge in [0.05, 0.1) is 17.9 Å². The van der Waals surface area contributed by atoms with Crippen molar-refractivity contribution in [2.75, 3.05) is 17.2 Å². The van der Waals surface area contributed by atoms with E-state index >= 15 is 0 Å². The molecule has 2 aromatic rings. The maximum absolute atomic E-state index is 13.1. The van der Waals surface area contributed by atoms with Gasteiger partial charge in [-0.3, -0.25) is 4.79 Å². The van der Waals surface area contributed by atoms with Gasteiger partial charge < -0.3 is 15.4 Å². The van der Waals surface area contributed by atoms with E-state index in [-0.39, 0.29) is 10.7 Å². The summed E-state index contributed by atoms with van der Waals surface area (Å²) in [6.07, 6.45) is -3.75. The molecule has 0 radical (unpaired) electrons. The Bertz CT molecular complexity index is 920. The van der Waals surface area contributed by atoms with Crippen LogP contribution in [0.4, 0.5) is 24.5 Å². The van der Waals surface area contributed by atoms with Crippen molar-refractivity contribution in [2.45, 2.75) is 13.1 Å². The Labute approximate surface area is 164 Å². The van der Waals surface area contributed by atoms with E-state index in [2.05, 4.69) is 10.6 Å². The summed E-state index contributed by atoms with van der Waals surface area (Å²) in [5.74, 6) is -0.165. The van der Waals surface area contributed by atoms with Gasteiger partial charge in [0, 0.05) is 16.9 Å². The number of alkyl halides is 3. The maximum atomic E-state index is 13.1. The number of nitriles is 1. The van der Waals surface area contributed by atoms with Crippen molar-refractivity contribution < 1.29 is 22.7 Å². The number of nitrogens with zero attached hydrogens (tertiary/aromatic N) is 1. The van der Waals surface area contributed by atoms with Crippen LogP contribution in [0.3, 0.4) is 0 Å². The molecule has 146 valence electrons. The predicted octanol–water partition coefficient (Wildman–Crippen LogP) is 5.22. The van der Waals surface area contributed by atoms with Gasteiger partial charge in [0.1, 0.15) is 17.4 Å². The van der Waals surface area contributed by atoms with Crippen LogP contribution < -0.4 is 15.4 Å². The van der Waals surface area contributed by atoms with Crippen LogP contribution in [-0.4, -0.2) is 12.5 Å². The lowest BCUT2D eigenvalue weighted by Crippen LogP contribution is -2.15. The van der Waals surface area contributed by atoms with Crippen LogP contribution in [0.25, 0.3) is 0 Å². The lowest BCUT2D eigenvalue weighted by Gasteiger charge is -2.13. The third-order valence-corrected chi connectivity index (χ3v) is 3.68. The molecule has 0 bridgehead atoms. The SMILES string of the molecule is CCOc1ccc(NC(=O)/C(C#N)=C\Nc2ccc(Cl)cc2C(F)(F)F)cc1. The first kappa shape index (κ1) is 21.1. The predicted molar refractivity (Wildman–Crippen MR) is 100 cm³/mol. The highest BCUT2D eigenvalue weighted by atomic mass is 35.5. The van der Waals surface area contributed by atoms with Crippen LogP contribution in [-0.2, 0) is 11.0 Å². The second kappa shape index (κ2) is 9.15. The molecule has 1 amide bonds. The molecule has 0 aliphatic heterocycles. The van der Waals surface area contributed by atoms with Crippen LogP contribution in [0, 0.1) is 11.3 Å². The van der Waals surface area contributed by atoms with E-state index in [0.29, 0.717) is 18.0 Å². The lowest BCUT2D eigenvalue weighted by molar-refractivity contribution is -0.136. The fourth-order valence-corrected chi connectivity index (χ4v) is 2.35. The summed E-state index contributed by atoms with van der Waals surface area (Å²) in [6, 6.07) is 11.2. The van der Waals surface area contributed by atoms with Crippen molar-refractivity contribution in [2.24, 2.45) is 0 Å². The third-order valence-electron chi connectivity index (χ3n) is 3.45. The zero-order valence-corrected chi connectivity index (χ0v) is 15.4. The van der Waals surface area contributed by atoms with Gasteiger partial charge in [0.25, 0.3) is 5.91 Å². The Hall–Kier alpha value is -3.18. The zero-order valence-electron chi connectivity index (χ0n) is 14.6. The van der Waals surface area contributed by atoms with Crippen molar-refractivity contribution in [1.29, 1.82) is 5.26 Å². The Morgan fingerprint density at radius 3 is 2.50 bits per heavy atom. The van der Waals surface area contributed by atoms with E-state index < -0.39 is 23.2 Å². The molecule has 2 aromatic carbocycles. The van der Waals surface area contributed by atoms with Crippen molar-refractivity contribution in [1.82, 2.24) is 0 Å². The maximum Gasteiger partial charge on any atom is 0.418 e. The number of carbonyl (C=O) groups is 1. The summed E-state index contributed by atoms with van der Waals surface area (Å²) < 4.78 is 44.6. The minimum atomic E-state index is -4.65. The fourth-order valence-electron chi connectivity index (χ4n) is 2.17. The Kier molecular flexibility index (Phi) is 6.90. The zero-order chi connectivity index (χ0) is 20.7. The molecule has 0 heterocycles. The summed E-state index contributed by atoms with van der Waals surface area (Å²) in [4.78, 5) is 12.2. The fraction of sp³-hybridized carbons (Fsp3) is 0.158. The number of amides is 1. The van der Waals surface area contributed by atoms with E-state index in [1.807, 2.05) is 6.92 Å². The van der Waals surface area contributed by atoms with Crippen LogP contribution in [0.2, 0.25) is 5.02 Å². The van der Waals surface area contributed by atoms with E-state index in [1.165, 1.54) is 6.07 Å². The van der Waals surface area contributed by atoms with Crippen molar-refractivity contribution in [3.63, 3.8) is 0 Å². The quantitative estimate of drug-likeness (QED) is 0.507. The number of nitrogens with one attached hydrogen (secondary N) is 2. The van der Waals surface area contributed by atoms with Crippen LogP contribution in [0.1, 0.15) is 12.5 Å². The second-order valence-electron chi connectivity index (χ2n) is 5.41. The number of rotatable bonds is 6. The van der Waals surface area contributed by atoms with Crippen LogP contribution in [0.15, 0.2) is 54.2 Å². The first-order valence-electron chi connectivity index (χ1n) is 8.02. The van der Waals surface area contributed by atoms with Gasteiger partial charge in [0.15, 0.2) is 0 Å². The molecule has 0 atom stereocenters. The number of hydrogen-bond donors (Lipinski definition) is 2. The van der Waals surface area contributed by atoms with Gasteiger partial charge in [-0.05, 0) is 49.4 Å². The molecule has 5 nitrogen and oxygen atoms in total. The highest BCUT2D eigenvalue weighted by Gasteiger charge is 2.33. The standard InChI is InChI=1S/C19H15ClF3N3O2/c1-2-28-15-6-4-14(5-7-15)26-18(27)12(10-24)11-25-17-8-3-13(20)9-16(17)19(21,22)23/h3-9,11,25H,2H2,1H3,(H,26,27)/b12-11-. The van der Waals surface area contributed by atoms with Gasteiger partial charge in [0.2, 0.25) is 0 Å². The number of halogens is 4.